The minimum atomic E-state index is -0.949. The average Bonchev–Trinajstić information content (AvgIpc) is 3.04. The van der Waals surface area contributed by atoms with Crippen LogP contribution in [0.1, 0.15) is 34.6 Å². The van der Waals surface area contributed by atoms with Crippen molar-refractivity contribution in [3.63, 3.8) is 0 Å². The van der Waals surface area contributed by atoms with Gasteiger partial charge in [-0.2, -0.15) is 5.10 Å². The number of carboxylic acids is 1. The molecule has 2 aromatic rings. The monoisotopic (exact) mass is 302 g/mol. The summed E-state index contributed by atoms with van der Waals surface area (Å²) in [6, 6.07) is 1.04. The molecule has 7 heteroatoms. The van der Waals surface area contributed by atoms with Crippen LogP contribution in [0, 0.1) is 13.8 Å². The minimum Gasteiger partial charge on any atom is -0.480 e. The molecule has 1 saturated heterocycles. The summed E-state index contributed by atoms with van der Waals surface area (Å²) in [4.78, 5) is 29.9. The largest absolute Gasteiger partial charge is 0.480 e. The van der Waals surface area contributed by atoms with E-state index in [-0.39, 0.29) is 5.91 Å². The van der Waals surface area contributed by atoms with Crippen LogP contribution in [0.5, 0.6) is 0 Å². The van der Waals surface area contributed by atoms with E-state index in [9.17, 15) is 14.7 Å². The number of likely N-dealkylation sites (tertiary alicyclic amines) is 1. The van der Waals surface area contributed by atoms with Gasteiger partial charge in [-0.15, -0.1) is 0 Å². The molecule has 1 unspecified atom stereocenters. The van der Waals surface area contributed by atoms with Crippen LogP contribution in [0.3, 0.4) is 0 Å². The van der Waals surface area contributed by atoms with E-state index in [4.69, 9.17) is 0 Å². The van der Waals surface area contributed by atoms with Crippen LogP contribution in [0.4, 0.5) is 0 Å². The van der Waals surface area contributed by atoms with Crippen LogP contribution in [-0.2, 0) is 11.8 Å². The molecular weight excluding hydrogens is 284 g/mol. The van der Waals surface area contributed by atoms with Gasteiger partial charge in [-0.3, -0.25) is 9.48 Å². The van der Waals surface area contributed by atoms with Crippen molar-refractivity contribution in [3.05, 3.63) is 23.0 Å². The molecule has 2 aromatic heterocycles. The maximum absolute atomic E-state index is 12.7. The van der Waals surface area contributed by atoms with Crippen molar-refractivity contribution >= 4 is 22.9 Å². The first-order chi connectivity index (χ1) is 10.4. The van der Waals surface area contributed by atoms with Gasteiger partial charge < -0.3 is 10.0 Å². The first kappa shape index (κ1) is 14.5. The van der Waals surface area contributed by atoms with Crippen molar-refractivity contribution in [1.82, 2.24) is 19.7 Å². The third kappa shape index (κ3) is 2.13. The molecule has 0 aliphatic carbocycles. The molecule has 1 atom stereocenters. The van der Waals surface area contributed by atoms with Crippen LogP contribution in [0.2, 0.25) is 0 Å². The molecule has 0 saturated carbocycles. The summed E-state index contributed by atoms with van der Waals surface area (Å²) in [7, 11) is 1.81. The fraction of sp³-hybridized carbons (Fsp3) is 0.467. The van der Waals surface area contributed by atoms with E-state index >= 15 is 0 Å². The maximum Gasteiger partial charge on any atom is 0.326 e. The standard InChI is InChI=1S/C15H18N4O3/c1-8-11(7-10-9(2)17-18(3)13(10)16-8)14(20)19-6-4-5-12(19)15(21)22/h7,12H,4-6H2,1-3H3,(H,21,22). The Morgan fingerprint density at radius 2 is 2.05 bits per heavy atom. The van der Waals surface area contributed by atoms with Crippen LogP contribution < -0.4 is 0 Å². The van der Waals surface area contributed by atoms with Gasteiger partial charge >= 0.3 is 5.97 Å². The number of carbonyl (C=O) groups is 2. The predicted octanol–water partition coefficient (Wildman–Crippen LogP) is 1.27. The van der Waals surface area contributed by atoms with Gasteiger partial charge in [-0.05, 0) is 32.8 Å². The van der Waals surface area contributed by atoms with E-state index in [0.717, 1.165) is 16.7 Å². The Hall–Kier alpha value is -2.44. The lowest BCUT2D eigenvalue weighted by Crippen LogP contribution is -2.40. The third-order valence-corrected chi connectivity index (χ3v) is 4.22. The summed E-state index contributed by atoms with van der Waals surface area (Å²) >= 11 is 0. The zero-order valence-electron chi connectivity index (χ0n) is 12.8. The number of carboxylic acid groups (broad SMARTS) is 1. The second-order valence-electron chi connectivity index (χ2n) is 5.70. The maximum atomic E-state index is 12.7. The zero-order valence-corrected chi connectivity index (χ0v) is 12.8. The molecule has 1 aliphatic heterocycles. The summed E-state index contributed by atoms with van der Waals surface area (Å²) in [5.74, 6) is -1.21. The highest BCUT2D eigenvalue weighted by atomic mass is 16.4. The van der Waals surface area contributed by atoms with Crippen LogP contribution >= 0.6 is 0 Å². The van der Waals surface area contributed by atoms with E-state index in [0.29, 0.717) is 30.6 Å². The van der Waals surface area contributed by atoms with Crippen molar-refractivity contribution in [2.24, 2.45) is 7.05 Å². The molecule has 0 bridgehead atoms. The number of fused-ring (bicyclic) bond motifs is 1. The average molecular weight is 302 g/mol. The highest BCUT2D eigenvalue weighted by molar-refractivity contribution is 6.00. The normalized spacial score (nSPS) is 18.1. The summed E-state index contributed by atoms with van der Waals surface area (Å²) < 4.78 is 1.68. The Labute approximate surface area is 127 Å². The van der Waals surface area contributed by atoms with Gasteiger partial charge in [0.1, 0.15) is 6.04 Å². The number of hydrogen-bond donors (Lipinski definition) is 1. The minimum absolute atomic E-state index is 0.264. The van der Waals surface area contributed by atoms with Crippen molar-refractivity contribution in [1.29, 1.82) is 0 Å². The molecule has 116 valence electrons. The number of aryl methyl sites for hydroxylation is 3. The smallest absolute Gasteiger partial charge is 0.326 e. The van der Waals surface area contributed by atoms with Crippen molar-refractivity contribution < 1.29 is 14.7 Å². The number of pyridine rings is 1. The topological polar surface area (TPSA) is 88.3 Å². The molecule has 1 aliphatic rings. The zero-order chi connectivity index (χ0) is 16.0. The Morgan fingerprint density at radius 1 is 1.32 bits per heavy atom. The van der Waals surface area contributed by atoms with Crippen LogP contribution in [0.15, 0.2) is 6.07 Å². The first-order valence-electron chi connectivity index (χ1n) is 7.25. The molecular formula is C15H18N4O3. The number of aromatic nitrogens is 3. The Bertz CT molecular complexity index is 781. The van der Waals surface area contributed by atoms with E-state index in [1.165, 1.54) is 4.90 Å². The van der Waals surface area contributed by atoms with Gasteiger partial charge in [0.25, 0.3) is 5.91 Å². The number of carbonyl (C=O) groups excluding carboxylic acids is 1. The second-order valence-corrected chi connectivity index (χ2v) is 5.70. The second kappa shape index (κ2) is 5.08. The predicted molar refractivity (Wildman–Crippen MR) is 79.7 cm³/mol. The SMILES string of the molecule is Cc1nc2c(cc1C(=O)N1CCCC1C(=O)O)c(C)nn2C. The molecule has 0 aromatic carbocycles. The number of hydrogen-bond acceptors (Lipinski definition) is 4. The summed E-state index contributed by atoms with van der Waals surface area (Å²) in [6.07, 6.45) is 1.21. The first-order valence-corrected chi connectivity index (χ1v) is 7.25. The van der Waals surface area contributed by atoms with Crippen molar-refractivity contribution in [3.8, 4) is 0 Å². The number of rotatable bonds is 2. The molecule has 1 N–H and O–H groups in total. The number of amides is 1. The molecule has 22 heavy (non-hydrogen) atoms. The lowest BCUT2D eigenvalue weighted by molar-refractivity contribution is -0.141. The van der Waals surface area contributed by atoms with Gasteiger partial charge in [0.05, 0.1) is 17.0 Å². The molecule has 1 amide bonds. The van der Waals surface area contributed by atoms with Gasteiger partial charge in [0.2, 0.25) is 0 Å². The quantitative estimate of drug-likeness (QED) is 0.902. The molecule has 3 rings (SSSR count). The van der Waals surface area contributed by atoms with Gasteiger partial charge in [0, 0.05) is 19.0 Å². The van der Waals surface area contributed by atoms with E-state index in [1.54, 1.807) is 17.7 Å². The molecule has 0 spiro atoms. The van der Waals surface area contributed by atoms with Gasteiger partial charge in [-0.1, -0.05) is 0 Å². The lowest BCUT2D eigenvalue weighted by atomic mass is 10.1. The van der Waals surface area contributed by atoms with Gasteiger partial charge in [0.15, 0.2) is 5.65 Å². The number of nitrogens with zero attached hydrogens (tertiary/aromatic N) is 4. The molecule has 7 nitrogen and oxygen atoms in total. The van der Waals surface area contributed by atoms with Crippen molar-refractivity contribution in [2.75, 3.05) is 6.54 Å². The summed E-state index contributed by atoms with van der Waals surface area (Å²) in [6.45, 7) is 4.10. The molecule has 0 radical (unpaired) electrons. The van der Waals surface area contributed by atoms with Gasteiger partial charge in [-0.25, -0.2) is 9.78 Å². The van der Waals surface area contributed by atoms with Crippen LogP contribution in [-0.4, -0.2) is 49.2 Å². The fourth-order valence-electron chi connectivity index (χ4n) is 3.07. The van der Waals surface area contributed by atoms with E-state index in [1.807, 2.05) is 14.0 Å². The van der Waals surface area contributed by atoms with E-state index < -0.39 is 12.0 Å². The molecule has 3 heterocycles. The lowest BCUT2D eigenvalue weighted by Gasteiger charge is -2.22. The highest BCUT2D eigenvalue weighted by Gasteiger charge is 2.35. The summed E-state index contributed by atoms with van der Waals surface area (Å²) in [5.41, 5.74) is 2.58. The highest BCUT2D eigenvalue weighted by Crippen LogP contribution is 2.24. The number of aliphatic carboxylic acids is 1. The van der Waals surface area contributed by atoms with Crippen LogP contribution in [0.25, 0.3) is 11.0 Å². The van der Waals surface area contributed by atoms with Crippen molar-refractivity contribution in [2.45, 2.75) is 32.7 Å². The Morgan fingerprint density at radius 3 is 2.73 bits per heavy atom. The third-order valence-electron chi connectivity index (χ3n) is 4.22. The summed E-state index contributed by atoms with van der Waals surface area (Å²) in [5, 5.41) is 14.4. The Balaban J connectivity index is 2.06. The Kier molecular flexibility index (Phi) is 3.35. The fourth-order valence-corrected chi connectivity index (χ4v) is 3.07. The van der Waals surface area contributed by atoms with E-state index in [2.05, 4.69) is 10.1 Å². The molecule has 1 fully saturated rings.